The van der Waals surface area contributed by atoms with E-state index in [1.807, 2.05) is 0 Å². The average Bonchev–Trinajstić information content (AvgIpc) is 2.70. The summed E-state index contributed by atoms with van der Waals surface area (Å²) in [5, 5.41) is 2.73. The highest BCUT2D eigenvalue weighted by molar-refractivity contribution is 5.44. The lowest BCUT2D eigenvalue weighted by Crippen LogP contribution is -2.21. The smallest absolute Gasteiger partial charge is 0.390 e. The zero-order valence-electron chi connectivity index (χ0n) is 9.01. The van der Waals surface area contributed by atoms with Gasteiger partial charge in [-0.2, -0.15) is 13.2 Å². The highest BCUT2D eigenvalue weighted by Crippen LogP contribution is 2.32. The Hall–Kier alpha value is -1.43. The monoisotopic (exact) mass is 247 g/mol. The minimum Gasteiger partial charge on any atom is -0.454 e. The highest BCUT2D eigenvalue weighted by atomic mass is 19.4. The van der Waals surface area contributed by atoms with E-state index in [-0.39, 0.29) is 13.3 Å². The molecule has 6 heteroatoms. The maximum absolute atomic E-state index is 11.9. The van der Waals surface area contributed by atoms with E-state index in [4.69, 9.17) is 9.47 Å². The average molecular weight is 247 g/mol. The summed E-state index contributed by atoms with van der Waals surface area (Å²) < 4.78 is 46.0. The van der Waals surface area contributed by atoms with Gasteiger partial charge in [0.25, 0.3) is 0 Å². The number of fused-ring (bicyclic) bond motifs is 1. The van der Waals surface area contributed by atoms with Crippen LogP contribution < -0.4 is 14.8 Å². The van der Waals surface area contributed by atoms with Gasteiger partial charge in [-0.15, -0.1) is 0 Å². The molecule has 0 spiro atoms. The van der Waals surface area contributed by atoms with Gasteiger partial charge < -0.3 is 14.8 Å². The van der Waals surface area contributed by atoms with Gasteiger partial charge in [0.2, 0.25) is 6.79 Å². The molecule has 2 rings (SSSR count). The third kappa shape index (κ3) is 3.52. The molecule has 0 fully saturated rings. The van der Waals surface area contributed by atoms with Crippen molar-refractivity contribution in [3.05, 3.63) is 23.8 Å². The maximum atomic E-state index is 11.9. The van der Waals surface area contributed by atoms with Gasteiger partial charge in [0.1, 0.15) is 0 Å². The molecule has 1 aromatic rings. The molecule has 1 aliphatic heterocycles. The second-order valence-corrected chi connectivity index (χ2v) is 3.73. The van der Waals surface area contributed by atoms with Crippen LogP contribution in [0.25, 0.3) is 0 Å². The molecule has 0 saturated heterocycles. The van der Waals surface area contributed by atoms with Crippen LogP contribution in [0.15, 0.2) is 18.2 Å². The minimum atomic E-state index is -4.11. The van der Waals surface area contributed by atoms with E-state index in [1.165, 1.54) is 0 Å². The van der Waals surface area contributed by atoms with Crippen LogP contribution in [0.3, 0.4) is 0 Å². The van der Waals surface area contributed by atoms with Gasteiger partial charge >= 0.3 is 6.18 Å². The molecule has 0 aromatic heterocycles. The normalized spacial score (nSPS) is 14.1. The van der Waals surface area contributed by atoms with Crippen LogP contribution in [0.5, 0.6) is 11.5 Å². The van der Waals surface area contributed by atoms with Gasteiger partial charge in [-0.3, -0.25) is 0 Å². The number of hydrogen-bond acceptors (Lipinski definition) is 3. The summed E-state index contributed by atoms with van der Waals surface area (Å²) in [6.07, 6.45) is -4.93. The fraction of sp³-hybridized carbons (Fsp3) is 0.455. The first-order valence-corrected chi connectivity index (χ1v) is 5.20. The Balaban J connectivity index is 1.80. The second kappa shape index (κ2) is 4.83. The quantitative estimate of drug-likeness (QED) is 0.829. The SMILES string of the molecule is FC(F)(F)CCNCc1ccc2c(c1)OCO2. The molecule has 0 saturated carbocycles. The number of alkyl halides is 3. The van der Waals surface area contributed by atoms with Crippen LogP contribution in [-0.4, -0.2) is 19.5 Å². The van der Waals surface area contributed by atoms with Crippen molar-refractivity contribution < 1.29 is 22.6 Å². The Morgan fingerprint density at radius 1 is 1.18 bits per heavy atom. The Morgan fingerprint density at radius 2 is 1.94 bits per heavy atom. The summed E-state index contributed by atoms with van der Waals surface area (Å²) in [6, 6.07) is 5.32. The van der Waals surface area contributed by atoms with Crippen molar-refractivity contribution in [2.24, 2.45) is 0 Å². The molecule has 0 aliphatic carbocycles. The molecule has 0 unspecified atom stereocenters. The second-order valence-electron chi connectivity index (χ2n) is 3.73. The molecule has 17 heavy (non-hydrogen) atoms. The topological polar surface area (TPSA) is 30.5 Å². The summed E-state index contributed by atoms with van der Waals surface area (Å²) in [4.78, 5) is 0. The van der Waals surface area contributed by atoms with Gasteiger partial charge in [0, 0.05) is 13.1 Å². The molecular formula is C11H12F3NO2. The number of rotatable bonds is 4. The summed E-state index contributed by atoms with van der Waals surface area (Å²) in [6.45, 7) is 0.491. The van der Waals surface area contributed by atoms with E-state index in [0.29, 0.717) is 18.0 Å². The fourth-order valence-corrected chi connectivity index (χ4v) is 1.51. The van der Waals surface area contributed by atoms with Crippen molar-refractivity contribution in [1.82, 2.24) is 5.32 Å². The third-order valence-electron chi connectivity index (χ3n) is 2.35. The molecule has 0 radical (unpaired) electrons. The lowest BCUT2D eigenvalue weighted by molar-refractivity contribution is -0.133. The number of hydrogen-bond donors (Lipinski definition) is 1. The first kappa shape index (κ1) is 12.0. The van der Waals surface area contributed by atoms with Gasteiger partial charge in [-0.25, -0.2) is 0 Å². The van der Waals surface area contributed by atoms with Crippen molar-refractivity contribution in [3.63, 3.8) is 0 Å². The van der Waals surface area contributed by atoms with Crippen molar-refractivity contribution in [2.75, 3.05) is 13.3 Å². The van der Waals surface area contributed by atoms with E-state index < -0.39 is 12.6 Å². The Bertz CT molecular complexity index is 393. The molecule has 94 valence electrons. The highest BCUT2D eigenvalue weighted by Gasteiger charge is 2.25. The molecule has 3 nitrogen and oxygen atoms in total. The van der Waals surface area contributed by atoms with Crippen molar-refractivity contribution in [3.8, 4) is 11.5 Å². The molecule has 1 heterocycles. The zero-order valence-corrected chi connectivity index (χ0v) is 9.01. The van der Waals surface area contributed by atoms with E-state index in [9.17, 15) is 13.2 Å². The zero-order chi connectivity index (χ0) is 12.3. The Labute approximate surface area is 96.5 Å². The van der Waals surface area contributed by atoms with Crippen LogP contribution in [0, 0.1) is 0 Å². The van der Waals surface area contributed by atoms with Crippen LogP contribution in [0.4, 0.5) is 13.2 Å². The summed E-state index contributed by atoms with van der Waals surface area (Å²) in [5.74, 6) is 1.31. The van der Waals surface area contributed by atoms with Crippen molar-refractivity contribution in [1.29, 1.82) is 0 Å². The molecule has 1 N–H and O–H groups in total. The Morgan fingerprint density at radius 3 is 2.71 bits per heavy atom. The summed E-state index contributed by atoms with van der Waals surface area (Å²) in [5.41, 5.74) is 0.872. The number of nitrogens with one attached hydrogen (secondary N) is 1. The lowest BCUT2D eigenvalue weighted by atomic mass is 10.2. The maximum Gasteiger partial charge on any atom is 0.390 e. The Kier molecular flexibility index (Phi) is 3.42. The van der Waals surface area contributed by atoms with Crippen LogP contribution in [0.1, 0.15) is 12.0 Å². The van der Waals surface area contributed by atoms with Crippen LogP contribution >= 0.6 is 0 Å². The minimum absolute atomic E-state index is 0.0854. The molecule has 0 bridgehead atoms. The lowest BCUT2D eigenvalue weighted by Gasteiger charge is -2.08. The predicted octanol–water partition coefficient (Wildman–Crippen LogP) is 2.46. The van der Waals surface area contributed by atoms with Gasteiger partial charge in [0.05, 0.1) is 6.42 Å². The summed E-state index contributed by atoms with van der Waals surface area (Å²) >= 11 is 0. The summed E-state index contributed by atoms with van der Waals surface area (Å²) in [7, 11) is 0. The first-order chi connectivity index (χ1) is 8.04. The first-order valence-electron chi connectivity index (χ1n) is 5.20. The van der Waals surface area contributed by atoms with E-state index in [2.05, 4.69) is 5.32 Å². The molecule has 0 amide bonds. The van der Waals surface area contributed by atoms with E-state index >= 15 is 0 Å². The van der Waals surface area contributed by atoms with Crippen LogP contribution in [-0.2, 0) is 6.54 Å². The van der Waals surface area contributed by atoms with Crippen LogP contribution in [0.2, 0.25) is 0 Å². The number of benzene rings is 1. The van der Waals surface area contributed by atoms with E-state index in [0.717, 1.165) is 5.56 Å². The fourth-order valence-electron chi connectivity index (χ4n) is 1.51. The van der Waals surface area contributed by atoms with E-state index in [1.54, 1.807) is 18.2 Å². The van der Waals surface area contributed by atoms with Gasteiger partial charge in [-0.1, -0.05) is 6.07 Å². The standard InChI is InChI=1S/C11H12F3NO2/c12-11(13,14)3-4-15-6-8-1-2-9-10(5-8)17-7-16-9/h1-2,5,15H,3-4,6-7H2. The third-order valence-corrected chi connectivity index (χ3v) is 2.35. The number of ether oxygens (including phenoxy) is 2. The largest absolute Gasteiger partial charge is 0.454 e. The van der Waals surface area contributed by atoms with Gasteiger partial charge in [0.15, 0.2) is 11.5 Å². The molecule has 0 atom stereocenters. The van der Waals surface area contributed by atoms with Crippen molar-refractivity contribution >= 4 is 0 Å². The predicted molar refractivity (Wildman–Crippen MR) is 54.9 cm³/mol. The molecule has 1 aliphatic rings. The molecule has 1 aromatic carbocycles. The van der Waals surface area contributed by atoms with Crippen molar-refractivity contribution in [2.45, 2.75) is 19.1 Å². The number of halogens is 3. The molecular weight excluding hydrogens is 235 g/mol. The van der Waals surface area contributed by atoms with Gasteiger partial charge in [-0.05, 0) is 17.7 Å².